The number of rotatable bonds is 4. The zero-order valence-electron chi connectivity index (χ0n) is 23.8. The molecule has 3 saturated heterocycles. The highest BCUT2D eigenvalue weighted by Crippen LogP contribution is 2.41. The van der Waals surface area contributed by atoms with E-state index in [0.29, 0.717) is 56.5 Å². The number of ether oxygens (including phenoxy) is 1. The number of nitrogens with one attached hydrogen (secondary N) is 1. The molecule has 4 heterocycles. The molecule has 2 atom stereocenters. The molecule has 4 aliphatic rings. The highest BCUT2D eigenvalue weighted by atomic mass is 19.1. The maximum Gasteiger partial charge on any atom is 0.410 e. The van der Waals surface area contributed by atoms with Crippen LogP contribution in [0.4, 0.5) is 25.4 Å². The van der Waals surface area contributed by atoms with Crippen molar-refractivity contribution in [1.82, 2.24) is 19.9 Å². The number of fused-ring (bicyclic) bond motifs is 2. The Hall–Kier alpha value is -3.37. The van der Waals surface area contributed by atoms with Gasteiger partial charge < -0.3 is 24.4 Å². The van der Waals surface area contributed by atoms with Gasteiger partial charge in [0.05, 0.1) is 17.8 Å². The maximum absolute atomic E-state index is 15.2. The number of carbonyl (C=O) groups is 2. The number of hydrogen-bond acceptors (Lipinski definition) is 7. The fourth-order valence-electron chi connectivity index (χ4n) is 6.20. The minimum atomic E-state index is -0.565. The molecule has 1 aromatic carbocycles. The molecule has 2 unspecified atom stereocenters. The number of para-hydroxylation sites is 1. The number of anilines is 2. The average molecular weight is 555 g/mol. The standard InChI is InChI=1S/C29H39FN6O4/c1-28(2,3)39-27(38)36-19-10-11-20(36)17-35(16-19)22-7-5-6-21(30)23(22)31-26(37)34-14-12-29(4,13-15-34)25-32-24(40-33-25)18-8-9-18/h5-7,18-20H,8-17H2,1-4H3,(H,31,37). The van der Waals surface area contributed by atoms with E-state index in [0.717, 1.165) is 31.6 Å². The van der Waals surface area contributed by atoms with Gasteiger partial charge in [0.2, 0.25) is 5.89 Å². The first-order valence-electron chi connectivity index (χ1n) is 14.5. The predicted molar refractivity (Wildman–Crippen MR) is 147 cm³/mol. The fourth-order valence-corrected chi connectivity index (χ4v) is 6.20. The van der Waals surface area contributed by atoms with Crippen molar-refractivity contribution in [1.29, 1.82) is 0 Å². The molecule has 11 heteroatoms. The molecule has 0 spiro atoms. The molecule has 2 aromatic rings. The number of hydrogen-bond donors (Lipinski definition) is 1. The van der Waals surface area contributed by atoms with Crippen molar-refractivity contribution in [2.75, 3.05) is 36.4 Å². The van der Waals surface area contributed by atoms with Crippen molar-refractivity contribution in [2.24, 2.45) is 0 Å². The smallest absolute Gasteiger partial charge is 0.410 e. The van der Waals surface area contributed by atoms with Crippen molar-refractivity contribution in [2.45, 2.75) is 95.2 Å². The third-order valence-corrected chi connectivity index (χ3v) is 8.71. The summed E-state index contributed by atoms with van der Waals surface area (Å²) < 4.78 is 26.3. The molecule has 1 N–H and O–H groups in total. The summed E-state index contributed by atoms with van der Waals surface area (Å²) in [5.74, 6) is 1.37. The number of aromatic nitrogens is 2. The average Bonchev–Trinajstić information content (AvgIpc) is 3.55. The highest BCUT2D eigenvalue weighted by molar-refractivity contribution is 5.93. The van der Waals surface area contributed by atoms with Gasteiger partial charge >= 0.3 is 12.1 Å². The second-order valence-corrected chi connectivity index (χ2v) is 13.0. The fraction of sp³-hybridized carbons (Fsp3) is 0.655. The van der Waals surface area contributed by atoms with E-state index in [1.54, 1.807) is 11.0 Å². The van der Waals surface area contributed by atoms with Crippen LogP contribution in [-0.4, -0.2) is 75.9 Å². The Balaban J connectivity index is 1.11. The van der Waals surface area contributed by atoms with Crippen LogP contribution in [0.2, 0.25) is 0 Å². The van der Waals surface area contributed by atoms with E-state index in [4.69, 9.17) is 9.26 Å². The summed E-state index contributed by atoms with van der Waals surface area (Å²) >= 11 is 0. The molecular formula is C29H39FN6O4. The number of amides is 3. The molecule has 216 valence electrons. The number of piperidine rings is 1. The van der Waals surface area contributed by atoms with Crippen LogP contribution < -0.4 is 10.2 Å². The van der Waals surface area contributed by atoms with E-state index < -0.39 is 11.4 Å². The van der Waals surface area contributed by atoms with Crippen molar-refractivity contribution >= 4 is 23.5 Å². The van der Waals surface area contributed by atoms with Crippen LogP contribution in [0.15, 0.2) is 22.7 Å². The third-order valence-electron chi connectivity index (χ3n) is 8.71. The van der Waals surface area contributed by atoms with Crippen molar-refractivity contribution < 1.29 is 23.2 Å². The molecule has 3 aliphatic heterocycles. The summed E-state index contributed by atoms with van der Waals surface area (Å²) in [7, 11) is 0. The van der Waals surface area contributed by atoms with Gasteiger partial charge in [0.25, 0.3) is 0 Å². The van der Waals surface area contributed by atoms with Crippen LogP contribution in [0, 0.1) is 5.82 Å². The number of halogens is 1. The van der Waals surface area contributed by atoms with Gasteiger partial charge in [0, 0.05) is 37.5 Å². The number of likely N-dealkylation sites (tertiary alicyclic amines) is 1. The second kappa shape index (κ2) is 9.92. The number of benzene rings is 1. The number of carbonyl (C=O) groups excluding carboxylic acids is 2. The third kappa shape index (κ3) is 5.22. The lowest BCUT2D eigenvalue weighted by Gasteiger charge is -2.43. The molecule has 3 amide bonds. The Morgan fingerprint density at radius 3 is 2.40 bits per heavy atom. The molecule has 1 aromatic heterocycles. The second-order valence-electron chi connectivity index (χ2n) is 13.0. The van der Waals surface area contributed by atoms with Gasteiger partial charge in [0.1, 0.15) is 17.1 Å². The predicted octanol–water partition coefficient (Wildman–Crippen LogP) is 5.26. The van der Waals surface area contributed by atoms with E-state index in [1.807, 2.05) is 31.7 Å². The van der Waals surface area contributed by atoms with Crippen LogP contribution >= 0.6 is 0 Å². The minimum Gasteiger partial charge on any atom is -0.444 e. The SMILES string of the molecule is CC(C)(C)OC(=O)N1C2CCC1CN(c1cccc(F)c1NC(=O)N1CCC(C)(c3noc(C4CC4)n3)CC1)C2. The largest absolute Gasteiger partial charge is 0.444 e. The van der Waals surface area contributed by atoms with Crippen molar-refractivity contribution in [3.05, 3.63) is 35.7 Å². The lowest BCUT2D eigenvalue weighted by atomic mass is 9.80. The highest BCUT2D eigenvalue weighted by Gasteiger charge is 2.45. The van der Waals surface area contributed by atoms with E-state index in [2.05, 4.69) is 27.3 Å². The van der Waals surface area contributed by atoms with Crippen molar-refractivity contribution in [3.63, 3.8) is 0 Å². The molecule has 1 saturated carbocycles. The lowest BCUT2D eigenvalue weighted by Crippen LogP contribution is -2.57. The zero-order chi connectivity index (χ0) is 28.2. The Labute approximate surface area is 234 Å². The van der Waals surface area contributed by atoms with Crippen LogP contribution in [0.1, 0.15) is 83.9 Å². The van der Waals surface area contributed by atoms with E-state index in [9.17, 15) is 9.59 Å². The number of nitrogens with zero attached hydrogens (tertiary/aromatic N) is 5. The topological polar surface area (TPSA) is 104 Å². The molecule has 10 nitrogen and oxygen atoms in total. The molecule has 2 bridgehead atoms. The summed E-state index contributed by atoms with van der Waals surface area (Å²) in [6, 6.07) is 4.50. The van der Waals surface area contributed by atoms with Gasteiger partial charge in [-0.05, 0) is 71.4 Å². The molecule has 1 aliphatic carbocycles. The number of piperazine rings is 1. The molecule has 40 heavy (non-hydrogen) atoms. The Morgan fingerprint density at radius 1 is 1.10 bits per heavy atom. The normalized spacial score (nSPS) is 24.3. The van der Waals surface area contributed by atoms with Gasteiger partial charge in [-0.15, -0.1) is 0 Å². The Bertz CT molecular complexity index is 1270. The first kappa shape index (κ1) is 26.8. The maximum atomic E-state index is 15.2. The lowest BCUT2D eigenvalue weighted by molar-refractivity contribution is 0.0123. The van der Waals surface area contributed by atoms with E-state index >= 15 is 4.39 Å². The summed E-state index contributed by atoms with van der Waals surface area (Å²) in [6.07, 6.45) is 5.04. The van der Waals surface area contributed by atoms with Gasteiger partial charge in [-0.2, -0.15) is 4.98 Å². The Kier molecular flexibility index (Phi) is 6.65. The quantitative estimate of drug-likeness (QED) is 0.550. The summed E-state index contributed by atoms with van der Waals surface area (Å²) in [6.45, 7) is 9.84. The molecule has 6 rings (SSSR count). The van der Waals surface area contributed by atoms with Crippen LogP contribution in [0.25, 0.3) is 0 Å². The van der Waals surface area contributed by atoms with E-state index in [-0.39, 0.29) is 35.3 Å². The monoisotopic (exact) mass is 554 g/mol. The van der Waals surface area contributed by atoms with Gasteiger partial charge in [-0.1, -0.05) is 18.1 Å². The zero-order valence-corrected chi connectivity index (χ0v) is 23.8. The molecule has 0 radical (unpaired) electrons. The van der Waals surface area contributed by atoms with Gasteiger partial charge in [-0.3, -0.25) is 4.90 Å². The first-order chi connectivity index (χ1) is 19.0. The van der Waals surface area contributed by atoms with Crippen LogP contribution in [0.3, 0.4) is 0 Å². The first-order valence-corrected chi connectivity index (χ1v) is 14.5. The molecular weight excluding hydrogens is 515 g/mol. The summed E-state index contributed by atoms with van der Waals surface area (Å²) in [4.78, 5) is 36.5. The van der Waals surface area contributed by atoms with Gasteiger partial charge in [-0.25, -0.2) is 14.0 Å². The van der Waals surface area contributed by atoms with Gasteiger partial charge in [0.15, 0.2) is 5.82 Å². The van der Waals surface area contributed by atoms with Crippen LogP contribution in [0.5, 0.6) is 0 Å². The number of urea groups is 1. The van der Waals surface area contributed by atoms with E-state index in [1.165, 1.54) is 6.07 Å². The Morgan fingerprint density at radius 2 is 1.77 bits per heavy atom. The van der Waals surface area contributed by atoms with Crippen molar-refractivity contribution in [3.8, 4) is 0 Å². The minimum absolute atomic E-state index is 0.0224. The summed E-state index contributed by atoms with van der Waals surface area (Å²) in [5.41, 5.74) is -0.0116. The van der Waals surface area contributed by atoms with Crippen LogP contribution in [-0.2, 0) is 10.2 Å². The molecule has 4 fully saturated rings. The summed E-state index contributed by atoms with van der Waals surface area (Å²) in [5, 5.41) is 7.11.